The van der Waals surface area contributed by atoms with E-state index in [-0.39, 0.29) is 11.4 Å². The molecule has 0 bridgehead atoms. The zero-order valence-corrected chi connectivity index (χ0v) is 11.1. The Kier molecular flexibility index (Phi) is 3.11. The van der Waals surface area contributed by atoms with Gasteiger partial charge in [-0.2, -0.15) is 0 Å². The molecule has 3 N–H and O–H groups in total. The van der Waals surface area contributed by atoms with E-state index in [1.807, 2.05) is 18.2 Å². The molecule has 0 saturated heterocycles. The fourth-order valence-corrected chi connectivity index (χ4v) is 2.26. The maximum Gasteiger partial charge on any atom is 0.158 e. The summed E-state index contributed by atoms with van der Waals surface area (Å²) in [6, 6.07) is 5.63. The average molecular weight is 245 g/mol. The second kappa shape index (κ2) is 4.44. The van der Waals surface area contributed by atoms with Gasteiger partial charge in [0, 0.05) is 5.56 Å². The molecule has 0 unspecified atom stereocenters. The van der Waals surface area contributed by atoms with Crippen LogP contribution in [0, 0.1) is 5.41 Å². The van der Waals surface area contributed by atoms with Crippen LogP contribution in [0.2, 0.25) is 0 Å². The van der Waals surface area contributed by atoms with E-state index in [0.717, 1.165) is 18.4 Å². The van der Waals surface area contributed by atoms with Crippen LogP contribution in [0.1, 0.15) is 44.7 Å². The van der Waals surface area contributed by atoms with E-state index < -0.39 is 0 Å². The monoisotopic (exact) mass is 245 g/mol. The second-order valence-corrected chi connectivity index (χ2v) is 5.14. The summed E-state index contributed by atoms with van der Waals surface area (Å²) in [6.45, 7) is 6.24. The van der Waals surface area contributed by atoms with Gasteiger partial charge >= 0.3 is 0 Å². The number of hydrogen-bond acceptors (Lipinski definition) is 3. The van der Waals surface area contributed by atoms with Gasteiger partial charge in [0.15, 0.2) is 5.84 Å². The summed E-state index contributed by atoms with van der Waals surface area (Å²) in [7, 11) is 0. The van der Waals surface area contributed by atoms with Crippen molar-refractivity contribution in [1.82, 2.24) is 0 Å². The fraction of sp³-hybridized carbons (Fsp3) is 0.429. The van der Waals surface area contributed by atoms with Gasteiger partial charge in [-0.25, -0.2) is 4.99 Å². The summed E-state index contributed by atoms with van der Waals surface area (Å²) in [5, 5.41) is 7.86. The highest BCUT2D eigenvalue weighted by atomic mass is 16.5. The molecule has 18 heavy (non-hydrogen) atoms. The number of amidine groups is 2. The Bertz CT molecular complexity index is 518. The highest BCUT2D eigenvalue weighted by Crippen LogP contribution is 2.31. The number of aliphatic imine (C=N–C) groups is 1. The lowest BCUT2D eigenvalue weighted by Crippen LogP contribution is -2.28. The lowest BCUT2D eigenvalue weighted by Gasteiger charge is -2.27. The Morgan fingerprint density at radius 1 is 1.39 bits per heavy atom. The van der Waals surface area contributed by atoms with Crippen molar-refractivity contribution < 1.29 is 4.74 Å². The standard InChI is InChI=1S/C14H19N3O/c1-4-8-14(2,3)18-10-7-5-6-9-11(10)13(16)17-12(9)15/h5-7H,4,8H2,1-3H3,(H3,15,16,17). The second-order valence-electron chi connectivity index (χ2n) is 5.14. The molecule has 96 valence electrons. The first-order valence-corrected chi connectivity index (χ1v) is 6.20. The van der Waals surface area contributed by atoms with Gasteiger partial charge in [-0.05, 0) is 26.3 Å². The predicted octanol–water partition coefficient (Wildman–Crippen LogP) is 2.69. The molecule has 4 heteroatoms. The molecule has 0 spiro atoms. The topological polar surface area (TPSA) is 71.5 Å². The molecule has 1 heterocycles. The Morgan fingerprint density at radius 3 is 2.78 bits per heavy atom. The van der Waals surface area contributed by atoms with Crippen LogP contribution in [0.3, 0.4) is 0 Å². The van der Waals surface area contributed by atoms with Crippen molar-refractivity contribution in [2.75, 3.05) is 0 Å². The van der Waals surface area contributed by atoms with Crippen LogP contribution in [-0.2, 0) is 0 Å². The van der Waals surface area contributed by atoms with Gasteiger partial charge in [-0.15, -0.1) is 0 Å². The molecule has 0 atom stereocenters. The van der Waals surface area contributed by atoms with Crippen LogP contribution < -0.4 is 10.5 Å². The molecule has 1 aliphatic rings. The van der Waals surface area contributed by atoms with Crippen LogP contribution in [0.5, 0.6) is 5.75 Å². The fourth-order valence-electron chi connectivity index (χ4n) is 2.26. The van der Waals surface area contributed by atoms with Gasteiger partial charge in [0.1, 0.15) is 17.2 Å². The summed E-state index contributed by atoms with van der Waals surface area (Å²) >= 11 is 0. The third kappa shape index (κ3) is 2.23. The minimum Gasteiger partial charge on any atom is -0.487 e. The molecule has 0 saturated carbocycles. The van der Waals surface area contributed by atoms with Crippen LogP contribution in [0.25, 0.3) is 0 Å². The maximum atomic E-state index is 7.86. The van der Waals surface area contributed by atoms with Gasteiger partial charge in [-0.1, -0.05) is 25.5 Å². The number of rotatable bonds is 4. The van der Waals surface area contributed by atoms with Crippen LogP contribution in [0.4, 0.5) is 0 Å². The third-order valence-corrected chi connectivity index (χ3v) is 3.01. The SMILES string of the molecule is CCCC(C)(C)Oc1cccc2c1C(=N)N=C2N. The van der Waals surface area contributed by atoms with E-state index in [4.69, 9.17) is 15.9 Å². The van der Waals surface area contributed by atoms with Crippen molar-refractivity contribution in [3.05, 3.63) is 29.3 Å². The van der Waals surface area contributed by atoms with Crippen LogP contribution >= 0.6 is 0 Å². The molecule has 0 aromatic heterocycles. The normalized spacial score (nSPS) is 14.4. The molecule has 1 aromatic carbocycles. The number of fused-ring (bicyclic) bond motifs is 1. The quantitative estimate of drug-likeness (QED) is 0.856. The molecule has 0 fully saturated rings. The summed E-state index contributed by atoms with van der Waals surface area (Å²) in [5.74, 6) is 1.28. The lowest BCUT2D eigenvalue weighted by atomic mass is 10.0. The Morgan fingerprint density at radius 2 is 2.11 bits per heavy atom. The number of hydrogen-bond donors (Lipinski definition) is 2. The molecule has 4 nitrogen and oxygen atoms in total. The van der Waals surface area contributed by atoms with Gasteiger partial charge in [-0.3, -0.25) is 5.41 Å². The molecule has 1 aromatic rings. The highest BCUT2D eigenvalue weighted by Gasteiger charge is 2.26. The largest absolute Gasteiger partial charge is 0.487 e. The molecule has 0 radical (unpaired) electrons. The Balaban J connectivity index is 2.35. The van der Waals surface area contributed by atoms with E-state index in [9.17, 15) is 0 Å². The molecule has 2 rings (SSSR count). The van der Waals surface area contributed by atoms with Crippen molar-refractivity contribution in [3.8, 4) is 5.75 Å². The Hall–Kier alpha value is -1.84. The zero-order valence-electron chi connectivity index (χ0n) is 11.1. The summed E-state index contributed by atoms with van der Waals surface area (Å²) in [5.41, 5.74) is 7.04. The number of benzene rings is 1. The highest BCUT2D eigenvalue weighted by molar-refractivity contribution is 6.22. The number of ether oxygens (including phenoxy) is 1. The van der Waals surface area contributed by atoms with Crippen molar-refractivity contribution in [2.45, 2.75) is 39.2 Å². The minimum atomic E-state index is -0.249. The Labute approximate surface area is 107 Å². The zero-order chi connectivity index (χ0) is 13.3. The first-order chi connectivity index (χ1) is 8.44. The number of nitrogens with zero attached hydrogens (tertiary/aromatic N) is 1. The number of nitrogens with one attached hydrogen (secondary N) is 1. The predicted molar refractivity (Wildman–Crippen MR) is 73.6 cm³/mol. The van der Waals surface area contributed by atoms with Gasteiger partial charge < -0.3 is 10.5 Å². The van der Waals surface area contributed by atoms with E-state index in [1.54, 1.807) is 0 Å². The summed E-state index contributed by atoms with van der Waals surface area (Å²) in [6.07, 6.45) is 2.01. The van der Waals surface area contributed by atoms with Gasteiger partial charge in [0.25, 0.3) is 0 Å². The van der Waals surface area contributed by atoms with Crippen molar-refractivity contribution in [1.29, 1.82) is 5.41 Å². The molecular formula is C14H19N3O. The first-order valence-electron chi connectivity index (χ1n) is 6.20. The van der Waals surface area contributed by atoms with Gasteiger partial charge in [0.2, 0.25) is 0 Å². The molecule has 0 aliphatic carbocycles. The average Bonchev–Trinajstić information content (AvgIpc) is 2.55. The van der Waals surface area contributed by atoms with Crippen molar-refractivity contribution in [3.63, 3.8) is 0 Å². The van der Waals surface area contributed by atoms with E-state index in [0.29, 0.717) is 17.1 Å². The van der Waals surface area contributed by atoms with Gasteiger partial charge in [0.05, 0.1) is 5.56 Å². The van der Waals surface area contributed by atoms with E-state index in [2.05, 4.69) is 25.8 Å². The third-order valence-electron chi connectivity index (χ3n) is 3.01. The molecule has 1 aliphatic heterocycles. The minimum absolute atomic E-state index is 0.186. The molecular weight excluding hydrogens is 226 g/mol. The maximum absolute atomic E-state index is 7.86. The number of nitrogens with two attached hydrogens (primary N) is 1. The van der Waals surface area contributed by atoms with Crippen LogP contribution in [-0.4, -0.2) is 17.3 Å². The van der Waals surface area contributed by atoms with E-state index in [1.165, 1.54) is 0 Å². The van der Waals surface area contributed by atoms with E-state index >= 15 is 0 Å². The summed E-state index contributed by atoms with van der Waals surface area (Å²) < 4.78 is 6.03. The molecule has 0 amide bonds. The van der Waals surface area contributed by atoms with Crippen molar-refractivity contribution >= 4 is 11.7 Å². The summed E-state index contributed by atoms with van der Waals surface area (Å²) in [4.78, 5) is 3.99. The van der Waals surface area contributed by atoms with Crippen molar-refractivity contribution in [2.24, 2.45) is 10.7 Å². The van der Waals surface area contributed by atoms with Crippen LogP contribution in [0.15, 0.2) is 23.2 Å². The smallest absolute Gasteiger partial charge is 0.158 e. The lowest BCUT2D eigenvalue weighted by molar-refractivity contribution is 0.0983. The first kappa shape index (κ1) is 12.6.